The van der Waals surface area contributed by atoms with Crippen LogP contribution < -0.4 is 10.6 Å². The lowest BCUT2D eigenvalue weighted by atomic mass is 9.84. The van der Waals surface area contributed by atoms with Crippen LogP contribution in [0.15, 0.2) is 0 Å². The molecular weight excluding hydrogens is 358 g/mol. The number of ether oxygens (including phenoxy) is 1. The van der Waals surface area contributed by atoms with E-state index in [1.54, 1.807) is 0 Å². The van der Waals surface area contributed by atoms with Crippen molar-refractivity contribution in [3.8, 4) is 0 Å². The van der Waals surface area contributed by atoms with Gasteiger partial charge in [0.15, 0.2) is 0 Å². The fourth-order valence-electron chi connectivity index (χ4n) is 4.38. The summed E-state index contributed by atoms with van der Waals surface area (Å²) in [4.78, 5) is 26.6. The van der Waals surface area contributed by atoms with E-state index in [4.69, 9.17) is 4.74 Å². The summed E-state index contributed by atoms with van der Waals surface area (Å²) in [6.45, 7) is 3.59. The fourth-order valence-corrected chi connectivity index (χ4v) is 4.38. The third-order valence-corrected chi connectivity index (χ3v) is 6.49. The van der Waals surface area contributed by atoms with Crippen LogP contribution in [-0.2, 0) is 14.3 Å². The fraction of sp³-hybridized carbons (Fsp3) is 0.905. The first-order chi connectivity index (χ1) is 13.7. The molecule has 3 atom stereocenters. The molecule has 0 aromatic carbocycles. The molecule has 2 aliphatic heterocycles. The SMILES string of the molecule is O=C(CCN1CCCCC1)NCC[C@@H]1CC[C@H](NC(=O)C2CCC2)[C@H](CO)O1. The van der Waals surface area contributed by atoms with Gasteiger partial charge in [-0.1, -0.05) is 12.8 Å². The summed E-state index contributed by atoms with van der Waals surface area (Å²) in [5, 5.41) is 15.7. The second-order valence-corrected chi connectivity index (χ2v) is 8.59. The molecule has 2 heterocycles. The Balaban J connectivity index is 1.29. The van der Waals surface area contributed by atoms with Crippen LogP contribution in [0.1, 0.15) is 64.2 Å². The van der Waals surface area contributed by atoms with Crippen molar-refractivity contribution in [1.29, 1.82) is 0 Å². The van der Waals surface area contributed by atoms with E-state index in [2.05, 4.69) is 15.5 Å². The summed E-state index contributed by atoms with van der Waals surface area (Å²) in [6.07, 6.45) is 9.52. The summed E-state index contributed by atoms with van der Waals surface area (Å²) in [6, 6.07) is -0.103. The first-order valence-corrected chi connectivity index (χ1v) is 11.2. The monoisotopic (exact) mass is 395 g/mol. The Kier molecular flexibility index (Phi) is 8.55. The first kappa shape index (κ1) is 21.5. The van der Waals surface area contributed by atoms with Crippen molar-refractivity contribution in [2.45, 2.75) is 82.5 Å². The third kappa shape index (κ3) is 6.42. The van der Waals surface area contributed by atoms with Gasteiger partial charge in [-0.3, -0.25) is 9.59 Å². The maximum Gasteiger partial charge on any atom is 0.223 e. The van der Waals surface area contributed by atoms with Gasteiger partial charge in [-0.25, -0.2) is 0 Å². The van der Waals surface area contributed by atoms with Gasteiger partial charge in [0.25, 0.3) is 0 Å². The topological polar surface area (TPSA) is 90.9 Å². The minimum absolute atomic E-state index is 0.0244. The molecule has 0 aromatic rings. The maximum atomic E-state index is 12.2. The Morgan fingerprint density at radius 1 is 1.04 bits per heavy atom. The average Bonchev–Trinajstić information content (AvgIpc) is 2.67. The Bertz CT molecular complexity index is 506. The van der Waals surface area contributed by atoms with Crippen molar-refractivity contribution in [2.24, 2.45) is 5.92 Å². The van der Waals surface area contributed by atoms with Crippen LogP contribution >= 0.6 is 0 Å². The standard InChI is InChI=1S/C21H37N3O4/c25-15-19-18(23-21(27)16-5-4-6-16)8-7-17(28-19)9-11-22-20(26)10-14-24-12-2-1-3-13-24/h16-19,25H,1-15H2,(H,22,26)(H,23,27)/t17-,18-,19-/m0/s1. The van der Waals surface area contributed by atoms with Gasteiger partial charge < -0.3 is 25.4 Å². The molecule has 0 bridgehead atoms. The number of rotatable bonds is 9. The minimum atomic E-state index is -0.349. The van der Waals surface area contributed by atoms with E-state index in [1.807, 2.05) is 0 Å². The van der Waals surface area contributed by atoms with Crippen LogP contribution in [0.25, 0.3) is 0 Å². The average molecular weight is 396 g/mol. The van der Waals surface area contributed by atoms with Gasteiger partial charge in [-0.05, 0) is 58.0 Å². The number of hydrogen-bond donors (Lipinski definition) is 3. The summed E-state index contributed by atoms with van der Waals surface area (Å²) in [7, 11) is 0. The lowest BCUT2D eigenvalue weighted by Gasteiger charge is -2.37. The number of nitrogens with zero attached hydrogens (tertiary/aromatic N) is 1. The molecule has 28 heavy (non-hydrogen) atoms. The molecule has 0 aromatic heterocycles. The van der Waals surface area contributed by atoms with E-state index in [9.17, 15) is 14.7 Å². The zero-order valence-electron chi connectivity index (χ0n) is 17.0. The Morgan fingerprint density at radius 2 is 1.82 bits per heavy atom. The number of piperidine rings is 1. The number of carbonyl (C=O) groups is 2. The van der Waals surface area contributed by atoms with Crippen LogP contribution in [0.2, 0.25) is 0 Å². The zero-order chi connectivity index (χ0) is 19.8. The highest BCUT2D eigenvalue weighted by Crippen LogP contribution is 2.28. The first-order valence-electron chi connectivity index (χ1n) is 11.2. The van der Waals surface area contributed by atoms with Crippen LogP contribution in [0.4, 0.5) is 0 Å². The normalized spacial score (nSPS) is 29.1. The molecule has 160 valence electrons. The Morgan fingerprint density at radius 3 is 2.50 bits per heavy atom. The lowest BCUT2D eigenvalue weighted by molar-refractivity contribution is -0.134. The molecule has 2 amide bonds. The van der Waals surface area contributed by atoms with Gasteiger partial charge in [0.1, 0.15) is 6.10 Å². The molecule has 0 radical (unpaired) electrons. The predicted octanol–water partition coefficient (Wildman–Crippen LogP) is 1.19. The second kappa shape index (κ2) is 11.1. The number of amides is 2. The van der Waals surface area contributed by atoms with E-state index in [-0.39, 0.29) is 42.6 Å². The van der Waals surface area contributed by atoms with Gasteiger partial charge in [-0.15, -0.1) is 0 Å². The maximum absolute atomic E-state index is 12.2. The highest BCUT2D eigenvalue weighted by Gasteiger charge is 2.34. The highest BCUT2D eigenvalue weighted by atomic mass is 16.5. The lowest BCUT2D eigenvalue weighted by Crippen LogP contribution is -2.53. The molecule has 3 rings (SSSR count). The molecule has 3 aliphatic rings. The highest BCUT2D eigenvalue weighted by molar-refractivity contribution is 5.79. The molecule has 0 spiro atoms. The largest absolute Gasteiger partial charge is 0.394 e. The van der Waals surface area contributed by atoms with Crippen molar-refractivity contribution in [3.05, 3.63) is 0 Å². The minimum Gasteiger partial charge on any atom is -0.394 e. The van der Waals surface area contributed by atoms with Crippen LogP contribution in [0, 0.1) is 5.92 Å². The van der Waals surface area contributed by atoms with Gasteiger partial charge in [0, 0.05) is 25.4 Å². The van der Waals surface area contributed by atoms with E-state index in [0.29, 0.717) is 13.0 Å². The van der Waals surface area contributed by atoms with Crippen LogP contribution in [-0.4, -0.2) is 72.9 Å². The van der Waals surface area contributed by atoms with Gasteiger partial charge in [0.05, 0.1) is 18.8 Å². The smallest absolute Gasteiger partial charge is 0.223 e. The van der Waals surface area contributed by atoms with Crippen molar-refractivity contribution < 1.29 is 19.4 Å². The van der Waals surface area contributed by atoms with E-state index in [0.717, 1.165) is 58.2 Å². The quantitative estimate of drug-likeness (QED) is 0.546. The molecule has 3 fully saturated rings. The van der Waals surface area contributed by atoms with Gasteiger partial charge in [0.2, 0.25) is 11.8 Å². The molecule has 3 N–H and O–H groups in total. The van der Waals surface area contributed by atoms with E-state index >= 15 is 0 Å². The number of aliphatic hydroxyl groups excluding tert-OH is 1. The van der Waals surface area contributed by atoms with E-state index < -0.39 is 0 Å². The molecular formula is C21H37N3O4. The summed E-state index contributed by atoms with van der Waals surface area (Å²) >= 11 is 0. The van der Waals surface area contributed by atoms with E-state index in [1.165, 1.54) is 19.3 Å². The van der Waals surface area contributed by atoms with Crippen LogP contribution in [0.5, 0.6) is 0 Å². The molecule has 1 saturated carbocycles. The van der Waals surface area contributed by atoms with Crippen LogP contribution in [0.3, 0.4) is 0 Å². The predicted molar refractivity (Wildman–Crippen MR) is 107 cm³/mol. The van der Waals surface area contributed by atoms with Crippen molar-refractivity contribution in [1.82, 2.24) is 15.5 Å². The molecule has 7 nitrogen and oxygen atoms in total. The number of hydrogen-bond acceptors (Lipinski definition) is 5. The third-order valence-electron chi connectivity index (χ3n) is 6.49. The summed E-state index contributed by atoms with van der Waals surface area (Å²) in [5.74, 6) is 0.362. The number of likely N-dealkylation sites (tertiary alicyclic amines) is 1. The number of nitrogens with one attached hydrogen (secondary N) is 2. The molecule has 0 unspecified atom stereocenters. The molecule has 2 saturated heterocycles. The Labute approximate surface area is 168 Å². The summed E-state index contributed by atoms with van der Waals surface area (Å²) in [5.41, 5.74) is 0. The summed E-state index contributed by atoms with van der Waals surface area (Å²) < 4.78 is 5.99. The van der Waals surface area contributed by atoms with Crippen molar-refractivity contribution in [3.63, 3.8) is 0 Å². The Hall–Kier alpha value is -1.18. The van der Waals surface area contributed by atoms with Gasteiger partial charge >= 0.3 is 0 Å². The van der Waals surface area contributed by atoms with Crippen molar-refractivity contribution >= 4 is 11.8 Å². The molecule has 1 aliphatic carbocycles. The number of aliphatic hydroxyl groups is 1. The van der Waals surface area contributed by atoms with Gasteiger partial charge in [-0.2, -0.15) is 0 Å². The number of carbonyl (C=O) groups excluding carboxylic acids is 2. The zero-order valence-corrected chi connectivity index (χ0v) is 17.0. The molecule has 7 heteroatoms. The van der Waals surface area contributed by atoms with Crippen molar-refractivity contribution in [2.75, 3.05) is 32.8 Å². The second-order valence-electron chi connectivity index (χ2n) is 8.59.